The lowest BCUT2D eigenvalue weighted by Crippen LogP contribution is -2.58. The molecule has 0 amide bonds. The highest BCUT2D eigenvalue weighted by atomic mass is 19.1. The molecule has 2 saturated heterocycles. The van der Waals surface area contributed by atoms with Crippen molar-refractivity contribution in [2.75, 3.05) is 38.5 Å². The molecule has 4 aromatic rings. The van der Waals surface area contributed by atoms with E-state index in [9.17, 15) is 4.39 Å². The number of aryl methyl sites for hydroxylation is 1. The van der Waals surface area contributed by atoms with Crippen LogP contribution in [0, 0.1) is 11.2 Å². The first-order valence-electron chi connectivity index (χ1n) is 13.3. The van der Waals surface area contributed by atoms with Crippen LogP contribution in [0.3, 0.4) is 0 Å². The van der Waals surface area contributed by atoms with E-state index >= 15 is 0 Å². The Morgan fingerprint density at radius 2 is 1.82 bits per heavy atom. The van der Waals surface area contributed by atoms with Gasteiger partial charge < -0.3 is 10.2 Å². The summed E-state index contributed by atoms with van der Waals surface area (Å²) in [6.07, 6.45) is 7.22. The van der Waals surface area contributed by atoms with Crippen molar-refractivity contribution in [3.05, 3.63) is 53.9 Å². The molecular formula is C28H34FN9. The number of anilines is 2. The maximum Gasteiger partial charge on any atom is 0.229 e. The van der Waals surface area contributed by atoms with Gasteiger partial charge in [-0.25, -0.2) is 24.3 Å². The van der Waals surface area contributed by atoms with Crippen LogP contribution in [-0.4, -0.2) is 72.7 Å². The standard InChI is InChI=1S/C28H34FN9/c1-18(2)25-21-11-20(13-31-26(21)35-37(25)4)24-22(29)14-32-27(34-24)33-23-6-5-19(12-30-23)15-38-9-7-28(8-10-38)16-36(3)17-28/h5-6,11-14,18H,7-10,15-17H2,1-4H3,(H,30,32,33,34). The van der Waals surface area contributed by atoms with Crippen molar-refractivity contribution < 1.29 is 4.39 Å². The Hall–Kier alpha value is -3.50. The molecule has 9 nitrogen and oxygen atoms in total. The van der Waals surface area contributed by atoms with Crippen molar-refractivity contribution in [2.24, 2.45) is 12.5 Å². The van der Waals surface area contributed by atoms with E-state index in [-0.39, 0.29) is 17.6 Å². The van der Waals surface area contributed by atoms with Crippen molar-refractivity contribution in [1.29, 1.82) is 0 Å². The molecule has 0 aromatic carbocycles. The molecule has 0 aliphatic carbocycles. The van der Waals surface area contributed by atoms with Crippen LogP contribution in [0.1, 0.15) is 43.9 Å². The molecule has 0 radical (unpaired) electrons. The lowest BCUT2D eigenvalue weighted by Gasteiger charge is -2.53. The number of hydrogen-bond acceptors (Lipinski definition) is 8. The summed E-state index contributed by atoms with van der Waals surface area (Å²) in [4.78, 5) is 22.5. The molecule has 0 bridgehead atoms. The van der Waals surface area contributed by atoms with Crippen molar-refractivity contribution in [1.82, 2.24) is 39.5 Å². The number of pyridine rings is 2. The number of likely N-dealkylation sites (tertiary alicyclic amines) is 2. The van der Waals surface area contributed by atoms with Gasteiger partial charge in [-0.1, -0.05) is 19.9 Å². The van der Waals surface area contributed by atoms with Crippen LogP contribution in [-0.2, 0) is 13.6 Å². The lowest BCUT2D eigenvalue weighted by molar-refractivity contribution is -0.0329. The van der Waals surface area contributed by atoms with Gasteiger partial charge in [0.2, 0.25) is 5.95 Å². The number of rotatable bonds is 6. The van der Waals surface area contributed by atoms with Crippen LogP contribution in [0.15, 0.2) is 36.8 Å². The average Bonchev–Trinajstić information content (AvgIpc) is 3.22. The molecule has 0 atom stereocenters. The fraction of sp³-hybridized carbons (Fsp3) is 0.464. The number of nitrogens with zero attached hydrogens (tertiary/aromatic N) is 8. The number of nitrogens with one attached hydrogen (secondary N) is 1. The minimum atomic E-state index is -0.508. The van der Waals surface area contributed by atoms with E-state index in [4.69, 9.17) is 0 Å². The van der Waals surface area contributed by atoms with Gasteiger partial charge in [-0.05, 0) is 62.0 Å². The fourth-order valence-corrected chi connectivity index (χ4v) is 6.11. The van der Waals surface area contributed by atoms with E-state index in [0.29, 0.717) is 22.4 Å². The first-order valence-corrected chi connectivity index (χ1v) is 13.3. The number of aromatic nitrogens is 6. The predicted molar refractivity (Wildman–Crippen MR) is 146 cm³/mol. The summed E-state index contributed by atoms with van der Waals surface area (Å²) in [5.74, 6) is 0.639. The van der Waals surface area contributed by atoms with Gasteiger partial charge in [0.15, 0.2) is 11.5 Å². The second-order valence-corrected chi connectivity index (χ2v) is 11.3. The van der Waals surface area contributed by atoms with Crippen LogP contribution < -0.4 is 5.32 Å². The summed E-state index contributed by atoms with van der Waals surface area (Å²) in [6.45, 7) is 9.86. The number of hydrogen-bond donors (Lipinski definition) is 1. The smallest absolute Gasteiger partial charge is 0.229 e. The second-order valence-electron chi connectivity index (χ2n) is 11.3. The van der Waals surface area contributed by atoms with Gasteiger partial charge in [-0.15, -0.1) is 0 Å². The van der Waals surface area contributed by atoms with Crippen LogP contribution >= 0.6 is 0 Å². The van der Waals surface area contributed by atoms with Gasteiger partial charge in [0.05, 0.1) is 11.9 Å². The molecule has 4 aromatic heterocycles. The number of halogens is 1. The van der Waals surface area contributed by atoms with E-state index in [1.54, 1.807) is 6.20 Å². The predicted octanol–water partition coefficient (Wildman–Crippen LogP) is 4.35. The zero-order chi connectivity index (χ0) is 26.4. The van der Waals surface area contributed by atoms with E-state index in [1.165, 1.54) is 37.7 Å². The Labute approximate surface area is 222 Å². The van der Waals surface area contributed by atoms with Crippen molar-refractivity contribution in [3.63, 3.8) is 0 Å². The van der Waals surface area contributed by atoms with E-state index in [0.717, 1.165) is 30.7 Å². The topological polar surface area (TPSA) is 87.9 Å². The zero-order valence-corrected chi connectivity index (χ0v) is 22.4. The van der Waals surface area contributed by atoms with E-state index in [1.807, 2.05) is 30.1 Å². The van der Waals surface area contributed by atoms with Crippen molar-refractivity contribution in [3.8, 4) is 11.3 Å². The van der Waals surface area contributed by atoms with Gasteiger partial charge in [-0.2, -0.15) is 5.10 Å². The van der Waals surface area contributed by atoms with Crippen LogP contribution in [0.25, 0.3) is 22.3 Å². The Kier molecular flexibility index (Phi) is 6.31. The molecule has 1 N–H and O–H groups in total. The summed E-state index contributed by atoms with van der Waals surface area (Å²) >= 11 is 0. The monoisotopic (exact) mass is 515 g/mol. The molecule has 198 valence electrons. The molecule has 0 saturated carbocycles. The highest BCUT2D eigenvalue weighted by Gasteiger charge is 2.42. The normalized spacial score (nSPS) is 17.8. The molecule has 38 heavy (non-hydrogen) atoms. The average molecular weight is 516 g/mol. The molecule has 2 aliphatic rings. The van der Waals surface area contributed by atoms with Crippen LogP contribution in [0.2, 0.25) is 0 Å². The summed E-state index contributed by atoms with van der Waals surface area (Å²) in [5.41, 5.74) is 4.18. The minimum Gasteiger partial charge on any atom is -0.309 e. The second kappa shape index (κ2) is 9.67. The first-order chi connectivity index (χ1) is 18.3. The Morgan fingerprint density at radius 1 is 1.03 bits per heavy atom. The first kappa shape index (κ1) is 24.8. The van der Waals surface area contributed by atoms with Gasteiger partial charge in [-0.3, -0.25) is 9.58 Å². The van der Waals surface area contributed by atoms with Crippen LogP contribution in [0.5, 0.6) is 0 Å². The third-order valence-electron chi connectivity index (χ3n) is 7.90. The summed E-state index contributed by atoms with van der Waals surface area (Å²) in [7, 11) is 4.11. The summed E-state index contributed by atoms with van der Waals surface area (Å²) < 4.78 is 16.6. The summed E-state index contributed by atoms with van der Waals surface area (Å²) in [5, 5.41) is 8.49. The van der Waals surface area contributed by atoms with Crippen LogP contribution in [0.4, 0.5) is 16.2 Å². The van der Waals surface area contributed by atoms with E-state index < -0.39 is 5.82 Å². The van der Waals surface area contributed by atoms with Gasteiger partial charge in [0.25, 0.3) is 0 Å². The van der Waals surface area contributed by atoms with E-state index in [2.05, 4.69) is 67.1 Å². The molecule has 2 aliphatic heterocycles. The zero-order valence-electron chi connectivity index (χ0n) is 22.4. The molecule has 2 fully saturated rings. The SMILES string of the molecule is CC(C)c1c2cc(-c3nc(Nc4ccc(CN5CCC6(CC5)CN(C)C6)cn4)ncc3F)cnc2nn1C. The largest absolute Gasteiger partial charge is 0.309 e. The number of piperidine rings is 1. The fourth-order valence-electron chi connectivity index (χ4n) is 6.11. The summed E-state index contributed by atoms with van der Waals surface area (Å²) in [6, 6.07) is 5.90. The minimum absolute atomic E-state index is 0.188. The Morgan fingerprint density at radius 3 is 2.50 bits per heavy atom. The van der Waals surface area contributed by atoms with Gasteiger partial charge in [0, 0.05) is 50.0 Å². The van der Waals surface area contributed by atoms with Crippen molar-refractivity contribution >= 4 is 22.8 Å². The van der Waals surface area contributed by atoms with Crippen molar-refractivity contribution in [2.45, 2.75) is 39.2 Å². The van der Waals surface area contributed by atoms with Gasteiger partial charge in [0.1, 0.15) is 11.5 Å². The Balaban J connectivity index is 1.15. The van der Waals surface area contributed by atoms with Gasteiger partial charge >= 0.3 is 0 Å². The molecule has 1 spiro atoms. The molecule has 6 heterocycles. The lowest BCUT2D eigenvalue weighted by atomic mass is 9.72. The quantitative estimate of drug-likeness (QED) is 0.406. The maximum atomic E-state index is 14.8. The molecular weight excluding hydrogens is 481 g/mol. The third kappa shape index (κ3) is 4.74. The molecule has 10 heteroatoms. The molecule has 6 rings (SSSR count). The number of fused-ring (bicyclic) bond motifs is 1. The highest BCUT2D eigenvalue weighted by molar-refractivity contribution is 5.83. The third-order valence-corrected chi connectivity index (χ3v) is 7.90. The molecule has 0 unspecified atom stereocenters. The maximum absolute atomic E-state index is 14.8. The Bertz CT molecular complexity index is 1450. The highest BCUT2D eigenvalue weighted by Crippen LogP contribution is 2.39.